The van der Waals surface area contributed by atoms with Crippen molar-refractivity contribution < 1.29 is 19.6 Å². The summed E-state index contributed by atoms with van der Waals surface area (Å²) < 4.78 is 5.73. The van der Waals surface area contributed by atoms with Gasteiger partial charge in [0.25, 0.3) is 0 Å². The first-order chi connectivity index (χ1) is 13.9. The van der Waals surface area contributed by atoms with Gasteiger partial charge in [0.2, 0.25) is 11.6 Å². The van der Waals surface area contributed by atoms with Crippen LogP contribution < -0.4 is 0 Å². The largest absolute Gasteiger partial charge is 0.507 e. The van der Waals surface area contributed by atoms with Crippen LogP contribution in [0.3, 0.4) is 0 Å². The molecule has 0 amide bonds. The molecule has 0 spiro atoms. The molecule has 0 bridgehead atoms. The number of aryl methyl sites for hydroxylation is 1. The summed E-state index contributed by atoms with van der Waals surface area (Å²) in [4.78, 5) is 18.8. The van der Waals surface area contributed by atoms with Crippen molar-refractivity contribution in [1.29, 1.82) is 0 Å². The fourth-order valence-electron chi connectivity index (χ4n) is 2.87. The van der Waals surface area contributed by atoms with E-state index >= 15 is 0 Å². The lowest BCUT2D eigenvalue weighted by molar-refractivity contribution is -0.385. The number of rotatable bonds is 4. The monoisotopic (exact) mass is 389 g/mol. The zero-order valence-corrected chi connectivity index (χ0v) is 15.2. The molecule has 0 saturated heterocycles. The maximum atomic E-state index is 10.9. The Morgan fingerprint density at radius 1 is 1.14 bits per heavy atom. The molecule has 0 unspecified atom stereocenters. The van der Waals surface area contributed by atoms with Crippen LogP contribution in [0.25, 0.3) is 22.6 Å². The Hall–Kier alpha value is -4.20. The van der Waals surface area contributed by atoms with Gasteiger partial charge >= 0.3 is 5.69 Å². The number of benzene rings is 3. The van der Waals surface area contributed by atoms with Crippen molar-refractivity contribution in [1.82, 2.24) is 4.98 Å². The van der Waals surface area contributed by atoms with Gasteiger partial charge in [-0.15, -0.1) is 0 Å². The zero-order valence-electron chi connectivity index (χ0n) is 15.2. The van der Waals surface area contributed by atoms with Crippen molar-refractivity contribution in [3.05, 3.63) is 75.8 Å². The molecule has 1 heterocycles. The van der Waals surface area contributed by atoms with Crippen molar-refractivity contribution in [2.45, 2.75) is 6.92 Å². The van der Waals surface area contributed by atoms with Crippen LogP contribution in [-0.4, -0.2) is 26.3 Å². The van der Waals surface area contributed by atoms with E-state index < -0.39 is 16.4 Å². The van der Waals surface area contributed by atoms with Crippen LogP contribution in [0.4, 0.5) is 11.4 Å². The van der Waals surface area contributed by atoms with Crippen LogP contribution in [0.15, 0.2) is 64.0 Å². The van der Waals surface area contributed by atoms with Gasteiger partial charge in [0, 0.05) is 23.9 Å². The number of phenolic OH excluding ortho intramolecular Hbond substituents is 2. The fourth-order valence-corrected chi connectivity index (χ4v) is 2.87. The minimum Gasteiger partial charge on any atom is -0.507 e. The van der Waals surface area contributed by atoms with E-state index in [-0.39, 0.29) is 17.2 Å². The van der Waals surface area contributed by atoms with Crippen LogP contribution in [0, 0.1) is 17.0 Å². The summed E-state index contributed by atoms with van der Waals surface area (Å²) in [6, 6.07) is 14.5. The third kappa shape index (κ3) is 3.51. The van der Waals surface area contributed by atoms with Crippen molar-refractivity contribution in [2.24, 2.45) is 4.99 Å². The molecular weight excluding hydrogens is 374 g/mol. The molecule has 8 heteroatoms. The Kier molecular flexibility index (Phi) is 4.44. The van der Waals surface area contributed by atoms with Gasteiger partial charge in [-0.2, -0.15) is 0 Å². The summed E-state index contributed by atoms with van der Waals surface area (Å²) in [5.41, 5.74) is 2.95. The number of aromatic nitrogens is 1. The number of hydrogen-bond donors (Lipinski definition) is 2. The topological polar surface area (TPSA) is 122 Å². The summed E-state index contributed by atoms with van der Waals surface area (Å²) >= 11 is 0. The van der Waals surface area contributed by atoms with Gasteiger partial charge in [-0.05, 0) is 42.8 Å². The fraction of sp³-hybridized carbons (Fsp3) is 0.0476. The van der Waals surface area contributed by atoms with E-state index in [1.807, 2.05) is 25.1 Å². The summed E-state index contributed by atoms with van der Waals surface area (Å²) in [6.07, 6.45) is 1.29. The summed E-state index contributed by atoms with van der Waals surface area (Å²) in [5, 5.41) is 31.3. The zero-order chi connectivity index (χ0) is 20.5. The molecule has 144 valence electrons. The highest BCUT2D eigenvalue weighted by Gasteiger charge is 2.16. The number of nitro groups is 1. The second kappa shape index (κ2) is 7.08. The molecule has 2 N–H and O–H groups in total. The molecule has 29 heavy (non-hydrogen) atoms. The molecule has 0 aliphatic rings. The Morgan fingerprint density at radius 2 is 1.97 bits per heavy atom. The van der Waals surface area contributed by atoms with Crippen LogP contribution in [0.1, 0.15) is 11.1 Å². The standard InChI is InChI=1S/C21H15N3O5/c1-12-5-8-16-19(9-12)29-21(23-16)15-7-6-14(10-18(15)25)22-11-13-3-2-4-17(20(13)26)24(27)28/h2-11,25-26H,1H3. The van der Waals surface area contributed by atoms with Gasteiger partial charge in [-0.25, -0.2) is 4.98 Å². The van der Waals surface area contributed by atoms with Crippen molar-refractivity contribution in [3.8, 4) is 23.0 Å². The van der Waals surface area contributed by atoms with Crippen molar-refractivity contribution in [2.75, 3.05) is 0 Å². The van der Waals surface area contributed by atoms with Crippen LogP contribution >= 0.6 is 0 Å². The number of oxazole rings is 1. The maximum Gasteiger partial charge on any atom is 0.311 e. The molecule has 0 aliphatic carbocycles. The van der Waals surface area contributed by atoms with E-state index in [4.69, 9.17) is 4.42 Å². The third-order valence-electron chi connectivity index (χ3n) is 4.35. The van der Waals surface area contributed by atoms with Crippen molar-refractivity contribution in [3.63, 3.8) is 0 Å². The first-order valence-electron chi connectivity index (χ1n) is 8.63. The average molecular weight is 389 g/mol. The second-order valence-corrected chi connectivity index (χ2v) is 6.42. The predicted octanol–water partition coefficient (Wildman–Crippen LogP) is 4.87. The van der Waals surface area contributed by atoms with Gasteiger partial charge < -0.3 is 14.6 Å². The van der Waals surface area contributed by atoms with Crippen LogP contribution in [0.5, 0.6) is 11.5 Å². The Morgan fingerprint density at radius 3 is 2.72 bits per heavy atom. The van der Waals surface area contributed by atoms with E-state index in [9.17, 15) is 20.3 Å². The lowest BCUT2D eigenvalue weighted by atomic mass is 10.1. The van der Waals surface area contributed by atoms with Crippen LogP contribution in [-0.2, 0) is 0 Å². The minimum absolute atomic E-state index is 0.0776. The quantitative estimate of drug-likeness (QED) is 0.292. The molecular formula is C21H15N3O5. The highest BCUT2D eigenvalue weighted by Crippen LogP contribution is 2.34. The SMILES string of the molecule is Cc1ccc2nc(-c3ccc(N=Cc4cccc([N+](=O)[O-])c4O)cc3O)oc2c1. The molecule has 3 aromatic carbocycles. The number of aliphatic imine (C=N–C) groups is 1. The van der Waals surface area contributed by atoms with Gasteiger partial charge in [0.1, 0.15) is 11.3 Å². The van der Waals surface area contributed by atoms with Crippen LogP contribution in [0.2, 0.25) is 0 Å². The third-order valence-corrected chi connectivity index (χ3v) is 4.35. The number of nitrogens with zero attached hydrogens (tertiary/aromatic N) is 3. The molecule has 0 radical (unpaired) electrons. The number of para-hydroxylation sites is 1. The molecule has 0 saturated carbocycles. The molecule has 0 fully saturated rings. The van der Waals surface area contributed by atoms with Crippen molar-refractivity contribution >= 4 is 28.7 Å². The number of phenols is 2. The highest BCUT2D eigenvalue weighted by atomic mass is 16.6. The van der Waals surface area contributed by atoms with E-state index in [1.165, 1.54) is 30.5 Å². The normalized spacial score (nSPS) is 11.3. The lowest BCUT2D eigenvalue weighted by Gasteiger charge is -2.02. The molecule has 4 aromatic rings. The molecule has 1 aromatic heterocycles. The predicted molar refractivity (Wildman–Crippen MR) is 108 cm³/mol. The van der Waals surface area contributed by atoms with E-state index in [0.717, 1.165) is 5.56 Å². The van der Waals surface area contributed by atoms with E-state index in [2.05, 4.69) is 9.98 Å². The number of aromatic hydroxyl groups is 2. The average Bonchev–Trinajstić information content (AvgIpc) is 3.09. The number of fused-ring (bicyclic) bond motifs is 1. The molecule has 4 rings (SSSR count). The summed E-state index contributed by atoms with van der Waals surface area (Å²) in [7, 11) is 0. The summed E-state index contributed by atoms with van der Waals surface area (Å²) in [5.74, 6) is -0.259. The molecule has 0 atom stereocenters. The van der Waals surface area contributed by atoms with Gasteiger partial charge in [-0.1, -0.05) is 12.1 Å². The Balaban J connectivity index is 1.64. The smallest absolute Gasteiger partial charge is 0.311 e. The summed E-state index contributed by atoms with van der Waals surface area (Å²) in [6.45, 7) is 1.95. The molecule has 0 aliphatic heterocycles. The lowest BCUT2D eigenvalue weighted by Crippen LogP contribution is -1.91. The van der Waals surface area contributed by atoms with Gasteiger partial charge in [-0.3, -0.25) is 15.1 Å². The van der Waals surface area contributed by atoms with Gasteiger partial charge in [0.15, 0.2) is 5.58 Å². The highest BCUT2D eigenvalue weighted by molar-refractivity contribution is 5.87. The second-order valence-electron chi connectivity index (χ2n) is 6.42. The van der Waals surface area contributed by atoms with Gasteiger partial charge in [0.05, 0.1) is 16.2 Å². The minimum atomic E-state index is -0.672. The van der Waals surface area contributed by atoms with E-state index in [0.29, 0.717) is 22.4 Å². The first kappa shape index (κ1) is 18.2. The first-order valence-corrected chi connectivity index (χ1v) is 8.63. The number of nitro benzene ring substituents is 1. The number of hydrogen-bond acceptors (Lipinski definition) is 7. The Bertz CT molecular complexity index is 1280. The van der Waals surface area contributed by atoms with E-state index in [1.54, 1.807) is 12.1 Å². The maximum absolute atomic E-state index is 10.9. The Labute approximate surface area is 164 Å². The molecule has 8 nitrogen and oxygen atoms in total.